The van der Waals surface area contributed by atoms with Gasteiger partial charge >= 0.3 is 12.2 Å². The number of hydrogen-bond donors (Lipinski definition) is 1. The van der Waals surface area contributed by atoms with Gasteiger partial charge in [-0.1, -0.05) is 59.7 Å². The van der Waals surface area contributed by atoms with Crippen LogP contribution in [-0.4, -0.2) is 92.5 Å². The molecule has 4 rings (SSSR count). The maximum absolute atomic E-state index is 12.3. The quantitative estimate of drug-likeness (QED) is 0.398. The number of amides is 2. The third kappa shape index (κ3) is 14.4. The Kier molecular flexibility index (Phi) is 14.1. The highest BCUT2D eigenvalue weighted by Crippen LogP contribution is 2.23. The highest BCUT2D eigenvalue weighted by atomic mass is 35.7. The van der Waals surface area contributed by atoms with Crippen molar-refractivity contribution >= 4 is 41.8 Å². The number of carbonyl (C=O) groups excluding carboxylic acids is 2. The second kappa shape index (κ2) is 16.5. The normalized spacial score (nSPS) is 15.6. The van der Waals surface area contributed by atoms with E-state index < -0.39 is 52.8 Å². The van der Waals surface area contributed by atoms with Gasteiger partial charge in [0.2, 0.25) is 9.05 Å². The Morgan fingerprint density at radius 1 is 0.723 bits per heavy atom. The largest absolute Gasteiger partial charge is 0.444 e. The Bertz CT molecular complexity index is 1540. The summed E-state index contributed by atoms with van der Waals surface area (Å²) in [5.41, 5.74) is 8.92. The van der Waals surface area contributed by atoms with E-state index in [2.05, 4.69) is 31.2 Å². The molecule has 2 aromatic rings. The van der Waals surface area contributed by atoms with Crippen LogP contribution in [0.3, 0.4) is 0 Å². The standard InChI is InChI=1S/C17H25NO4S.C8H14ClNO4S.C8H11N/c1-13-5-7-14(8-6-13)9-10-23(20,21)15-11-18(12-15)16(19)22-17(2,3)4;1-8(2,3)14-7(11)10-4-6(5-10)15(9,12)13;1-7-2-4-8(6-9)5-3-7/h5-8,15H,9-12H2,1-4H3;6H,4-5H2,1-3H3;2-5H,6,9H2,1H3. The van der Waals surface area contributed by atoms with Crippen LogP contribution in [0.5, 0.6) is 0 Å². The van der Waals surface area contributed by atoms with Crippen molar-refractivity contribution in [3.63, 3.8) is 0 Å². The number of nitrogens with zero attached hydrogens (tertiary/aromatic N) is 2. The molecular weight excluding hydrogens is 666 g/mol. The fraction of sp³-hybridized carbons (Fsp3) is 0.576. The predicted molar refractivity (Wildman–Crippen MR) is 186 cm³/mol. The van der Waals surface area contributed by atoms with Gasteiger partial charge in [0.1, 0.15) is 16.5 Å². The molecule has 0 radical (unpaired) electrons. The van der Waals surface area contributed by atoms with Gasteiger partial charge in [-0.2, -0.15) is 0 Å². The van der Waals surface area contributed by atoms with Gasteiger partial charge in [0, 0.05) is 43.4 Å². The number of carbonyl (C=O) groups is 2. The molecule has 0 spiro atoms. The number of aryl methyl sites for hydroxylation is 3. The molecule has 2 N–H and O–H groups in total. The fourth-order valence-electron chi connectivity index (χ4n) is 4.14. The first-order chi connectivity index (χ1) is 21.5. The molecule has 2 heterocycles. The highest BCUT2D eigenvalue weighted by Gasteiger charge is 2.41. The molecule has 0 aliphatic carbocycles. The minimum atomic E-state index is -3.55. The zero-order valence-electron chi connectivity index (χ0n) is 28.7. The first kappa shape index (κ1) is 40.3. The van der Waals surface area contributed by atoms with Crippen LogP contribution in [0.2, 0.25) is 0 Å². The summed E-state index contributed by atoms with van der Waals surface area (Å²) in [5.74, 6) is 0.114. The van der Waals surface area contributed by atoms with Gasteiger partial charge in [0.05, 0.1) is 11.0 Å². The Labute approximate surface area is 285 Å². The Hall–Kier alpha value is -2.87. The number of halogens is 1. The van der Waals surface area contributed by atoms with E-state index in [1.165, 1.54) is 20.9 Å². The van der Waals surface area contributed by atoms with Crippen LogP contribution in [0.1, 0.15) is 63.8 Å². The molecule has 2 aromatic carbocycles. The minimum absolute atomic E-state index is 0.112. The van der Waals surface area contributed by atoms with Crippen molar-refractivity contribution in [1.29, 1.82) is 0 Å². The van der Waals surface area contributed by atoms with Crippen LogP contribution in [0.15, 0.2) is 48.5 Å². The van der Waals surface area contributed by atoms with Crippen molar-refractivity contribution in [2.24, 2.45) is 5.73 Å². The van der Waals surface area contributed by atoms with Crippen LogP contribution in [0.25, 0.3) is 0 Å². The summed E-state index contributed by atoms with van der Waals surface area (Å²) in [7, 11) is -1.61. The van der Waals surface area contributed by atoms with E-state index in [1.807, 2.05) is 31.2 Å². The fourth-order valence-corrected chi connectivity index (χ4v) is 6.86. The second-order valence-electron chi connectivity index (χ2n) is 13.8. The summed E-state index contributed by atoms with van der Waals surface area (Å²) < 4.78 is 56.6. The van der Waals surface area contributed by atoms with Gasteiger partial charge in [-0.3, -0.25) is 0 Å². The van der Waals surface area contributed by atoms with Crippen LogP contribution < -0.4 is 5.73 Å². The van der Waals surface area contributed by atoms with E-state index in [0.717, 1.165) is 11.1 Å². The smallest absolute Gasteiger partial charge is 0.410 e. The molecule has 14 heteroatoms. The molecule has 0 bridgehead atoms. The van der Waals surface area contributed by atoms with Crippen LogP contribution in [0.4, 0.5) is 9.59 Å². The minimum Gasteiger partial charge on any atom is -0.444 e. The lowest BCUT2D eigenvalue weighted by molar-refractivity contribution is 0.0129. The lowest BCUT2D eigenvalue weighted by atomic mass is 10.1. The molecule has 0 atom stereocenters. The van der Waals surface area contributed by atoms with Crippen molar-refractivity contribution < 1.29 is 35.9 Å². The summed E-state index contributed by atoms with van der Waals surface area (Å²) in [6, 6.07) is 16.1. The van der Waals surface area contributed by atoms with Gasteiger partial charge in [-0.15, -0.1) is 0 Å². The molecule has 0 saturated carbocycles. The molecule has 2 amide bonds. The molecule has 47 heavy (non-hydrogen) atoms. The number of ether oxygens (including phenoxy) is 2. The van der Waals surface area contributed by atoms with Crippen molar-refractivity contribution in [2.45, 2.75) is 90.1 Å². The molecule has 2 aliphatic heterocycles. The molecule has 2 aliphatic rings. The average molecular weight is 716 g/mol. The average Bonchev–Trinajstić information content (AvgIpc) is 2.85. The first-order valence-electron chi connectivity index (χ1n) is 15.4. The molecule has 0 aromatic heterocycles. The number of nitrogens with two attached hydrogens (primary N) is 1. The Morgan fingerprint density at radius 2 is 1.09 bits per heavy atom. The Balaban J connectivity index is 0.000000273. The SMILES string of the molecule is CC(C)(C)OC(=O)N1CC(S(=O)(=O)Cl)C1.Cc1ccc(CCS(=O)(=O)C2CN(C(=O)OC(C)(C)C)C2)cc1.Cc1ccc(CN)cc1. The second-order valence-corrected chi connectivity index (χ2v) is 19.1. The lowest BCUT2D eigenvalue weighted by Crippen LogP contribution is -2.58. The molecule has 264 valence electrons. The number of likely N-dealkylation sites (tertiary alicyclic amines) is 2. The van der Waals surface area contributed by atoms with Crippen molar-refractivity contribution in [2.75, 3.05) is 31.9 Å². The van der Waals surface area contributed by atoms with Crippen molar-refractivity contribution in [3.8, 4) is 0 Å². The van der Waals surface area contributed by atoms with E-state index >= 15 is 0 Å². The molecule has 0 unspecified atom stereocenters. The lowest BCUT2D eigenvalue weighted by Gasteiger charge is -2.39. The van der Waals surface area contributed by atoms with Crippen molar-refractivity contribution in [3.05, 3.63) is 70.8 Å². The van der Waals surface area contributed by atoms with Crippen molar-refractivity contribution in [1.82, 2.24) is 9.80 Å². The number of benzene rings is 2. The molecule has 2 fully saturated rings. The van der Waals surface area contributed by atoms with E-state index in [-0.39, 0.29) is 31.9 Å². The zero-order chi connectivity index (χ0) is 35.8. The van der Waals surface area contributed by atoms with E-state index in [1.54, 1.807) is 41.5 Å². The topological polar surface area (TPSA) is 153 Å². The van der Waals surface area contributed by atoms with Gasteiger partial charge in [-0.05, 0) is 72.9 Å². The van der Waals surface area contributed by atoms with Crippen LogP contribution in [0, 0.1) is 13.8 Å². The Morgan fingerprint density at radius 3 is 1.43 bits per heavy atom. The van der Waals surface area contributed by atoms with Gasteiger partial charge in [-0.25, -0.2) is 26.4 Å². The summed E-state index contributed by atoms with van der Waals surface area (Å²) in [5, 5.41) is -1.13. The zero-order valence-corrected chi connectivity index (χ0v) is 31.0. The first-order valence-corrected chi connectivity index (χ1v) is 19.5. The number of sulfone groups is 1. The van der Waals surface area contributed by atoms with Crippen LogP contribution >= 0.6 is 10.7 Å². The predicted octanol–water partition coefficient (Wildman–Crippen LogP) is 5.20. The van der Waals surface area contributed by atoms with E-state index in [9.17, 15) is 26.4 Å². The highest BCUT2D eigenvalue weighted by molar-refractivity contribution is 8.14. The van der Waals surface area contributed by atoms with Gasteiger partial charge in [0.25, 0.3) is 0 Å². The number of rotatable bonds is 6. The monoisotopic (exact) mass is 715 g/mol. The summed E-state index contributed by atoms with van der Waals surface area (Å²) in [6.45, 7) is 16.0. The summed E-state index contributed by atoms with van der Waals surface area (Å²) in [4.78, 5) is 26.0. The third-order valence-electron chi connectivity index (χ3n) is 7.06. The maximum Gasteiger partial charge on any atom is 0.410 e. The van der Waals surface area contributed by atoms with Gasteiger partial charge < -0.3 is 25.0 Å². The van der Waals surface area contributed by atoms with Gasteiger partial charge in [0.15, 0.2) is 9.84 Å². The summed E-state index contributed by atoms with van der Waals surface area (Å²) >= 11 is 0. The molecular formula is C33H50ClN3O8S2. The van der Waals surface area contributed by atoms with Crippen LogP contribution in [-0.2, 0) is 41.3 Å². The molecule has 11 nitrogen and oxygen atoms in total. The molecule has 2 saturated heterocycles. The third-order valence-corrected chi connectivity index (χ3v) is 11.0. The number of hydrogen-bond acceptors (Lipinski definition) is 9. The van der Waals surface area contributed by atoms with E-state index in [0.29, 0.717) is 13.0 Å². The summed E-state index contributed by atoms with van der Waals surface area (Å²) in [6.07, 6.45) is -0.438. The van der Waals surface area contributed by atoms with E-state index in [4.69, 9.17) is 25.9 Å². The maximum atomic E-state index is 12.3.